The second-order valence-electron chi connectivity index (χ2n) is 12.3. The lowest BCUT2D eigenvalue weighted by atomic mass is 10.0. The van der Waals surface area contributed by atoms with Crippen LogP contribution < -0.4 is 14.5 Å². The molecule has 3 aromatic rings. The van der Waals surface area contributed by atoms with E-state index in [0.29, 0.717) is 32.2 Å². The quantitative estimate of drug-likeness (QED) is 0.361. The standard InChI is InChI=1S/C27H28N6O2.C8H15N/c1-3-25(34)33-16-15-32(17-20(33)11-13-28)26-22-12-14-31(18-23(22)29-27(30-26)35-2)24-10-6-8-19-7-4-5-9-21(19)24;1-2-6-9(5-1)7-8-3-4-8/h3-10,20H,1,11-12,14-18H2,2H3;8H,1-7H2. The van der Waals surface area contributed by atoms with Crippen LogP contribution in [0.3, 0.4) is 0 Å². The fourth-order valence-corrected chi connectivity index (χ4v) is 6.80. The minimum absolute atomic E-state index is 0.141. The van der Waals surface area contributed by atoms with Crippen LogP contribution in [0.2, 0.25) is 0 Å². The Kier molecular flexibility index (Phi) is 9.27. The van der Waals surface area contributed by atoms with Crippen LogP contribution >= 0.6 is 0 Å². The second-order valence-corrected chi connectivity index (χ2v) is 12.3. The van der Waals surface area contributed by atoms with Crippen LogP contribution in [-0.2, 0) is 17.8 Å². The number of benzene rings is 2. The summed E-state index contributed by atoms with van der Waals surface area (Å²) in [5, 5.41) is 11.8. The third kappa shape index (κ3) is 6.66. The first kappa shape index (κ1) is 29.9. The van der Waals surface area contributed by atoms with E-state index in [1.807, 2.05) is 0 Å². The molecule has 1 amide bonds. The van der Waals surface area contributed by atoms with E-state index < -0.39 is 0 Å². The van der Waals surface area contributed by atoms with Crippen LogP contribution in [0.25, 0.3) is 10.8 Å². The first-order chi connectivity index (χ1) is 21.6. The summed E-state index contributed by atoms with van der Waals surface area (Å²) in [6, 6.07) is 17.2. The van der Waals surface area contributed by atoms with E-state index in [0.717, 1.165) is 36.0 Å². The van der Waals surface area contributed by atoms with Crippen molar-refractivity contribution in [3.63, 3.8) is 0 Å². The molecular formula is C35H43N7O2. The number of nitrogens with zero attached hydrogens (tertiary/aromatic N) is 7. The van der Waals surface area contributed by atoms with Gasteiger partial charge in [-0.05, 0) is 68.6 Å². The zero-order valence-corrected chi connectivity index (χ0v) is 25.8. The molecule has 1 unspecified atom stereocenters. The summed E-state index contributed by atoms with van der Waals surface area (Å²) < 4.78 is 5.48. The van der Waals surface area contributed by atoms with Gasteiger partial charge in [-0.3, -0.25) is 4.79 Å². The fourth-order valence-electron chi connectivity index (χ4n) is 6.80. The lowest BCUT2D eigenvalue weighted by Gasteiger charge is -2.42. The molecule has 44 heavy (non-hydrogen) atoms. The molecule has 230 valence electrons. The van der Waals surface area contributed by atoms with E-state index in [9.17, 15) is 10.1 Å². The minimum Gasteiger partial charge on any atom is -0.467 e. The molecule has 0 N–H and O–H groups in total. The normalized spacial score (nSPS) is 20.0. The molecule has 3 aliphatic heterocycles. The van der Waals surface area contributed by atoms with Crippen molar-refractivity contribution in [2.75, 3.05) is 62.7 Å². The summed E-state index contributed by atoms with van der Waals surface area (Å²) in [6.45, 7) is 11.0. The Morgan fingerprint density at radius 1 is 1.05 bits per heavy atom. The first-order valence-corrected chi connectivity index (χ1v) is 16.0. The number of likely N-dealkylation sites (tertiary alicyclic amines) is 1. The van der Waals surface area contributed by atoms with Gasteiger partial charge in [0.15, 0.2) is 0 Å². The van der Waals surface area contributed by atoms with Crippen molar-refractivity contribution in [2.24, 2.45) is 5.92 Å². The van der Waals surface area contributed by atoms with Crippen molar-refractivity contribution in [1.29, 1.82) is 5.26 Å². The number of carbonyl (C=O) groups excluding carboxylic acids is 1. The molecule has 1 aromatic heterocycles. The zero-order valence-electron chi connectivity index (χ0n) is 25.8. The minimum atomic E-state index is -0.216. The maximum atomic E-state index is 12.3. The van der Waals surface area contributed by atoms with E-state index in [2.05, 4.69) is 69.8 Å². The summed E-state index contributed by atoms with van der Waals surface area (Å²) in [5.41, 5.74) is 3.26. The van der Waals surface area contributed by atoms with Crippen molar-refractivity contribution in [1.82, 2.24) is 19.8 Å². The molecule has 4 aliphatic rings. The number of nitriles is 1. The summed E-state index contributed by atoms with van der Waals surface area (Å²) in [4.78, 5) is 30.7. The van der Waals surface area contributed by atoms with Gasteiger partial charge in [-0.15, -0.1) is 0 Å². The number of aromatic nitrogens is 2. The smallest absolute Gasteiger partial charge is 0.318 e. The fraction of sp³-hybridized carbons (Fsp3) is 0.486. The highest BCUT2D eigenvalue weighted by Crippen LogP contribution is 2.35. The van der Waals surface area contributed by atoms with Crippen molar-refractivity contribution in [3.05, 3.63) is 66.4 Å². The maximum absolute atomic E-state index is 12.3. The van der Waals surface area contributed by atoms with Crippen LogP contribution in [0.4, 0.5) is 11.5 Å². The predicted octanol–water partition coefficient (Wildman–Crippen LogP) is 4.81. The molecule has 0 bridgehead atoms. The topological polar surface area (TPSA) is 88.8 Å². The van der Waals surface area contributed by atoms with Crippen LogP contribution in [0, 0.1) is 17.2 Å². The Hall–Kier alpha value is -4.16. The Morgan fingerprint density at radius 2 is 1.84 bits per heavy atom. The summed E-state index contributed by atoms with van der Waals surface area (Å²) >= 11 is 0. The molecule has 9 heteroatoms. The Bertz CT molecular complexity index is 1520. The van der Waals surface area contributed by atoms with Gasteiger partial charge in [0.2, 0.25) is 5.91 Å². The van der Waals surface area contributed by atoms with Gasteiger partial charge in [-0.1, -0.05) is 43.0 Å². The molecule has 0 radical (unpaired) electrons. The number of rotatable bonds is 7. The van der Waals surface area contributed by atoms with E-state index in [-0.39, 0.29) is 18.4 Å². The van der Waals surface area contributed by atoms with E-state index in [1.54, 1.807) is 12.0 Å². The van der Waals surface area contributed by atoms with Gasteiger partial charge in [0.1, 0.15) is 5.82 Å². The average molecular weight is 594 g/mol. The molecule has 2 aromatic carbocycles. The van der Waals surface area contributed by atoms with Gasteiger partial charge in [0.05, 0.1) is 37.9 Å². The van der Waals surface area contributed by atoms with Crippen LogP contribution in [-0.4, -0.2) is 84.6 Å². The number of hydrogen-bond acceptors (Lipinski definition) is 8. The summed E-state index contributed by atoms with van der Waals surface area (Å²) in [6.07, 6.45) is 8.30. The number of ether oxygens (including phenoxy) is 1. The van der Waals surface area contributed by atoms with Crippen molar-refractivity contribution in [2.45, 2.75) is 51.1 Å². The van der Waals surface area contributed by atoms with E-state index in [4.69, 9.17) is 14.7 Å². The molecule has 0 spiro atoms. The number of methoxy groups -OCH3 is 1. The van der Waals surface area contributed by atoms with Crippen LogP contribution in [0.5, 0.6) is 6.01 Å². The lowest BCUT2D eigenvalue weighted by molar-refractivity contribution is -0.128. The second kappa shape index (κ2) is 13.6. The molecule has 1 atom stereocenters. The number of fused-ring (bicyclic) bond motifs is 2. The number of carbonyl (C=O) groups is 1. The Labute approximate surface area is 260 Å². The molecule has 1 aliphatic carbocycles. The molecule has 9 nitrogen and oxygen atoms in total. The molecular weight excluding hydrogens is 550 g/mol. The average Bonchev–Trinajstić information content (AvgIpc) is 3.74. The van der Waals surface area contributed by atoms with E-state index in [1.165, 1.54) is 67.9 Å². The van der Waals surface area contributed by atoms with Gasteiger partial charge in [0, 0.05) is 49.4 Å². The van der Waals surface area contributed by atoms with Crippen LogP contribution in [0.1, 0.15) is 43.4 Å². The van der Waals surface area contributed by atoms with Gasteiger partial charge in [-0.25, -0.2) is 0 Å². The third-order valence-electron chi connectivity index (χ3n) is 9.29. The molecule has 7 rings (SSSR count). The van der Waals surface area contributed by atoms with Crippen molar-refractivity contribution >= 4 is 28.2 Å². The highest BCUT2D eigenvalue weighted by Gasteiger charge is 2.33. The monoisotopic (exact) mass is 593 g/mol. The van der Waals surface area contributed by atoms with Crippen molar-refractivity contribution in [3.8, 4) is 12.1 Å². The largest absolute Gasteiger partial charge is 0.467 e. The van der Waals surface area contributed by atoms with Crippen molar-refractivity contribution < 1.29 is 9.53 Å². The van der Waals surface area contributed by atoms with Gasteiger partial charge < -0.3 is 24.3 Å². The molecule has 1 saturated carbocycles. The Morgan fingerprint density at radius 3 is 2.59 bits per heavy atom. The van der Waals surface area contributed by atoms with Gasteiger partial charge in [-0.2, -0.15) is 15.2 Å². The van der Waals surface area contributed by atoms with Crippen LogP contribution in [0.15, 0.2) is 55.1 Å². The molecule has 3 fully saturated rings. The summed E-state index contributed by atoms with van der Waals surface area (Å²) in [7, 11) is 1.58. The lowest BCUT2D eigenvalue weighted by Crippen LogP contribution is -2.55. The summed E-state index contributed by atoms with van der Waals surface area (Å²) in [5.74, 6) is 1.80. The third-order valence-corrected chi connectivity index (χ3v) is 9.29. The predicted molar refractivity (Wildman–Crippen MR) is 174 cm³/mol. The number of hydrogen-bond donors (Lipinski definition) is 0. The maximum Gasteiger partial charge on any atom is 0.318 e. The molecule has 2 saturated heterocycles. The SMILES string of the molecule is C1CCN(CC2CC2)C1.C=CC(=O)N1CCN(c2nc(OC)nc3c2CCN(c2cccc4ccccc24)C3)CC1CC#N. The molecule has 4 heterocycles. The number of anilines is 2. The highest BCUT2D eigenvalue weighted by molar-refractivity contribution is 5.94. The number of piperazine rings is 1. The highest BCUT2D eigenvalue weighted by atomic mass is 16.5. The van der Waals surface area contributed by atoms with Gasteiger partial charge >= 0.3 is 6.01 Å². The Balaban J connectivity index is 0.000000323. The zero-order chi connectivity index (χ0) is 30.5. The van der Waals surface area contributed by atoms with E-state index >= 15 is 0 Å². The first-order valence-electron chi connectivity index (χ1n) is 16.0. The number of amides is 1. The van der Waals surface area contributed by atoms with Gasteiger partial charge in [0.25, 0.3) is 0 Å².